The first-order valence-electron chi connectivity index (χ1n) is 7.47. The van der Waals surface area contributed by atoms with Gasteiger partial charge in [0, 0.05) is 0 Å². The highest BCUT2D eigenvalue weighted by Gasteiger charge is 2.23. The van der Waals surface area contributed by atoms with Crippen LogP contribution in [0.2, 0.25) is 0 Å². The lowest BCUT2D eigenvalue weighted by molar-refractivity contribution is 0.0691. The van der Waals surface area contributed by atoms with Gasteiger partial charge in [-0.3, -0.25) is 0 Å². The van der Waals surface area contributed by atoms with Crippen molar-refractivity contribution in [2.45, 2.75) is 33.6 Å². The molecule has 3 nitrogen and oxygen atoms in total. The molecule has 0 amide bonds. The van der Waals surface area contributed by atoms with Crippen molar-refractivity contribution in [2.24, 2.45) is 0 Å². The molecule has 2 rings (SSSR count). The minimum atomic E-state index is -0.925. The van der Waals surface area contributed by atoms with Gasteiger partial charge < -0.3 is 9.84 Å². The number of aromatic carboxylic acids is 1. The largest absolute Gasteiger partial charge is 0.496 e. The molecule has 0 radical (unpaired) electrons. The number of methoxy groups -OCH3 is 1. The van der Waals surface area contributed by atoms with Crippen LogP contribution in [0.5, 0.6) is 5.75 Å². The van der Waals surface area contributed by atoms with Gasteiger partial charge in [-0.05, 0) is 54.5 Å². The van der Waals surface area contributed by atoms with E-state index in [0.29, 0.717) is 17.7 Å². The van der Waals surface area contributed by atoms with Crippen LogP contribution in [0.15, 0.2) is 30.3 Å². The van der Waals surface area contributed by atoms with E-state index in [1.165, 1.54) is 12.7 Å². The molecule has 0 aliphatic rings. The summed E-state index contributed by atoms with van der Waals surface area (Å²) < 4.78 is 5.43. The zero-order chi connectivity index (χ0) is 16.3. The quantitative estimate of drug-likeness (QED) is 0.901. The molecule has 0 aliphatic carbocycles. The van der Waals surface area contributed by atoms with Gasteiger partial charge in [-0.15, -0.1) is 0 Å². The van der Waals surface area contributed by atoms with Crippen LogP contribution in [0.4, 0.5) is 0 Å². The molecule has 0 heterocycles. The van der Waals surface area contributed by atoms with Crippen molar-refractivity contribution < 1.29 is 14.6 Å². The Bertz CT molecular complexity index is 657. The molecule has 22 heavy (non-hydrogen) atoms. The molecule has 0 atom stereocenters. The van der Waals surface area contributed by atoms with Gasteiger partial charge in [0.25, 0.3) is 0 Å². The molecule has 0 saturated carbocycles. The zero-order valence-corrected chi connectivity index (χ0v) is 13.6. The predicted octanol–water partition coefficient (Wildman–Crippen LogP) is 4.16. The Morgan fingerprint density at radius 2 is 1.73 bits per heavy atom. The van der Waals surface area contributed by atoms with E-state index in [2.05, 4.69) is 12.1 Å². The fourth-order valence-corrected chi connectivity index (χ4v) is 3.10. The van der Waals surface area contributed by atoms with E-state index in [9.17, 15) is 9.90 Å². The van der Waals surface area contributed by atoms with Crippen LogP contribution < -0.4 is 4.74 Å². The highest BCUT2D eigenvalue weighted by atomic mass is 16.5. The molecule has 0 aromatic heterocycles. The number of carboxylic acids is 1. The van der Waals surface area contributed by atoms with Gasteiger partial charge in [0.1, 0.15) is 11.3 Å². The standard InChI is InChI=1S/C19H22O3/c1-5-15-12(2)16(11-14-9-7-6-8-10-14)13(3)18(22-4)17(15)19(20)21/h6-10H,5,11H2,1-4H3,(H,20,21). The van der Waals surface area contributed by atoms with Crippen molar-refractivity contribution in [1.82, 2.24) is 0 Å². The van der Waals surface area contributed by atoms with Crippen LogP contribution in [-0.4, -0.2) is 18.2 Å². The Labute approximate surface area is 131 Å². The maximum absolute atomic E-state index is 11.7. The fraction of sp³-hybridized carbons (Fsp3) is 0.316. The number of carbonyl (C=O) groups is 1. The number of rotatable bonds is 5. The van der Waals surface area contributed by atoms with Crippen LogP contribution in [0, 0.1) is 13.8 Å². The lowest BCUT2D eigenvalue weighted by Gasteiger charge is -2.20. The van der Waals surface area contributed by atoms with E-state index < -0.39 is 5.97 Å². The van der Waals surface area contributed by atoms with Crippen molar-refractivity contribution >= 4 is 5.97 Å². The van der Waals surface area contributed by atoms with Crippen LogP contribution in [0.3, 0.4) is 0 Å². The smallest absolute Gasteiger partial charge is 0.339 e. The van der Waals surface area contributed by atoms with E-state index in [1.54, 1.807) is 0 Å². The van der Waals surface area contributed by atoms with Gasteiger partial charge in [-0.25, -0.2) is 4.79 Å². The minimum Gasteiger partial charge on any atom is -0.496 e. The first kappa shape index (κ1) is 16.1. The lowest BCUT2D eigenvalue weighted by atomic mass is 9.87. The van der Waals surface area contributed by atoms with Crippen molar-refractivity contribution in [3.8, 4) is 5.75 Å². The molecule has 1 N–H and O–H groups in total. The summed E-state index contributed by atoms with van der Waals surface area (Å²) in [6.07, 6.45) is 1.45. The maximum Gasteiger partial charge on any atom is 0.339 e. The molecule has 0 bridgehead atoms. The summed E-state index contributed by atoms with van der Waals surface area (Å²) in [5, 5.41) is 9.56. The number of carboxylic acid groups (broad SMARTS) is 1. The number of benzene rings is 2. The molecule has 0 unspecified atom stereocenters. The molecule has 2 aromatic rings. The summed E-state index contributed by atoms with van der Waals surface area (Å²) in [5.74, 6) is -0.438. The van der Waals surface area contributed by atoms with E-state index in [0.717, 1.165) is 28.7 Å². The van der Waals surface area contributed by atoms with Gasteiger partial charge in [-0.2, -0.15) is 0 Å². The lowest BCUT2D eigenvalue weighted by Crippen LogP contribution is -2.12. The molecule has 0 fully saturated rings. The third-order valence-electron chi connectivity index (χ3n) is 4.22. The van der Waals surface area contributed by atoms with Crippen molar-refractivity contribution in [3.63, 3.8) is 0 Å². The average Bonchev–Trinajstić information content (AvgIpc) is 2.51. The molecule has 2 aromatic carbocycles. The van der Waals surface area contributed by atoms with Gasteiger partial charge in [-0.1, -0.05) is 37.3 Å². The molecule has 0 saturated heterocycles. The number of hydrogen-bond donors (Lipinski definition) is 1. The fourth-order valence-electron chi connectivity index (χ4n) is 3.10. The van der Waals surface area contributed by atoms with Gasteiger partial charge >= 0.3 is 5.97 Å². The summed E-state index contributed by atoms with van der Waals surface area (Å²) in [4.78, 5) is 11.7. The SMILES string of the molecule is CCc1c(C)c(Cc2ccccc2)c(C)c(OC)c1C(=O)O. The Balaban J connectivity index is 2.67. The Morgan fingerprint density at radius 3 is 2.23 bits per heavy atom. The highest BCUT2D eigenvalue weighted by Crippen LogP contribution is 2.35. The Kier molecular flexibility index (Phi) is 4.86. The summed E-state index contributed by atoms with van der Waals surface area (Å²) >= 11 is 0. The van der Waals surface area contributed by atoms with Crippen molar-refractivity contribution in [2.75, 3.05) is 7.11 Å². The normalized spacial score (nSPS) is 10.5. The molecular weight excluding hydrogens is 276 g/mol. The summed E-state index contributed by atoms with van der Waals surface area (Å²) in [7, 11) is 1.54. The Morgan fingerprint density at radius 1 is 1.09 bits per heavy atom. The van der Waals surface area contributed by atoms with Crippen LogP contribution in [0.1, 0.15) is 45.1 Å². The topological polar surface area (TPSA) is 46.5 Å². The van der Waals surface area contributed by atoms with Gasteiger partial charge in [0.05, 0.1) is 7.11 Å². The summed E-state index contributed by atoms with van der Waals surface area (Å²) in [6, 6.07) is 10.2. The van der Waals surface area contributed by atoms with Crippen LogP contribution in [0.25, 0.3) is 0 Å². The first-order valence-corrected chi connectivity index (χ1v) is 7.47. The molecular formula is C19H22O3. The minimum absolute atomic E-state index is 0.303. The van der Waals surface area contributed by atoms with E-state index >= 15 is 0 Å². The molecule has 0 aliphatic heterocycles. The molecule has 0 spiro atoms. The third kappa shape index (κ3) is 2.84. The first-order chi connectivity index (χ1) is 10.5. The second-order valence-electron chi connectivity index (χ2n) is 5.44. The highest BCUT2D eigenvalue weighted by molar-refractivity contribution is 5.94. The summed E-state index contributed by atoms with van der Waals surface area (Å²) in [5.41, 5.74) is 5.50. The summed E-state index contributed by atoms with van der Waals surface area (Å²) in [6.45, 7) is 5.93. The second kappa shape index (κ2) is 6.65. The zero-order valence-electron chi connectivity index (χ0n) is 13.6. The second-order valence-corrected chi connectivity index (χ2v) is 5.44. The Hall–Kier alpha value is -2.29. The number of ether oxygens (including phenoxy) is 1. The maximum atomic E-state index is 11.7. The van der Waals surface area contributed by atoms with Crippen LogP contribution >= 0.6 is 0 Å². The monoisotopic (exact) mass is 298 g/mol. The van der Waals surface area contributed by atoms with Crippen LogP contribution in [-0.2, 0) is 12.8 Å². The average molecular weight is 298 g/mol. The molecule has 3 heteroatoms. The van der Waals surface area contributed by atoms with Gasteiger partial charge in [0.15, 0.2) is 0 Å². The third-order valence-corrected chi connectivity index (χ3v) is 4.22. The van der Waals surface area contributed by atoms with E-state index in [4.69, 9.17) is 4.74 Å². The molecule has 116 valence electrons. The van der Waals surface area contributed by atoms with Crippen molar-refractivity contribution in [1.29, 1.82) is 0 Å². The van der Waals surface area contributed by atoms with E-state index in [1.807, 2.05) is 39.0 Å². The number of hydrogen-bond acceptors (Lipinski definition) is 2. The van der Waals surface area contributed by atoms with Crippen molar-refractivity contribution in [3.05, 3.63) is 63.7 Å². The predicted molar refractivity (Wildman–Crippen MR) is 88.1 cm³/mol. The van der Waals surface area contributed by atoms with Gasteiger partial charge in [0.2, 0.25) is 0 Å². The van der Waals surface area contributed by atoms with E-state index in [-0.39, 0.29) is 0 Å².